The molecule has 3 rings (SSSR count). The fourth-order valence-electron chi connectivity index (χ4n) is 2.46. The van der Waals surface area contributed by atoms with E-state index in [-0.39, 0.29) is 6.04 Å². The van der Waals surface area contributed by atoms with Gasteiger partial charge in [-0.1, -0.05) is 36.0 Å². The molecule has 1 heterocycles. The molecule has 0 fully saturated rings. The van der Waals surface area contributed by atoms with E-state index in [9.17, 15) is 0 Å². The van der Waals surface area contributed by atoms with Gasteiger partial charge >= 0.3 is 0 Å². The number of nitrogens with one attached hydrogen (secondary N) is 1. The van der Waals surface area contributed by atoms with Crippen molar-refractivity contribution in [3.05, 3.63) is 54.1 Å². The van der Waals surface area contributed by atoms with Crippen LogP contribution in [-0.2, 0) is 0 Å². The molecule has 0 saturated heterocycles. The Hall–Kier alpha value is -1.91. The van der Waals surface area contributed by atoms with E-state index in [1.54, 1.807) is 18.9 Å². The molecule has 1 atom stereocenters. The van der Waals surface area contributed by atoms with E-state index in [1.165, 1.54) is 5.39 Å². The van der Waals surface area contributed by atoms with E-state index in [0.717, 1.165) is 26.8 Å². The van der Waals surface area contributed by atoms with E-state index in [4.69, 9.17) is 10.5 Å². The zero-order chi connectivity index (χ0) is 14.8. The van der Waals surface area contributed by atoms with Gasteiger partial charge in [0, 0.05) is 27.4 Å². The summed E-state index contributed by atoms with van der Waals surface area (Å²) in [5, 5.41) is 2.32. The third kappa shape index (κ3) is 2.77. The average molecular weight is 298 g/mol. The summed E-state index contributed by atoms with van der Waals surface area (Å²) in [6, 6.07) is 16.4. The van der Waals surface area contributed by atoms with Crippen LogP contribution in [0.25, 0.3) is 10.9 Å². The number of H-pyrrole nitrogens is 1. The van der Waals surface area contributed by atoms with Crippen molar-refractivity contribution in [3.63, 3.8) is 0 Å². The van der Waals surface area contributed by atoms with Crippen molar-refractivity contribution < 1.29 is 4.74 Å². The van der Waals surface area contributed by atoms with Gasteiger partial charge in [0.15, 0.2) is 0 Å². The van der Waals surface area contributed by atoms with E-state index >= 15 is 0 Å². The van der Waals surface area contributed by atoms with Gasteiger partial charge in [-0.05, 0) is 31.2 Å². The number of rotatable bonds is 4. The third-order valence-corrected chi connectivity index (χ3v) is 4.44. The quantitative estimate of drug-likeness (QED) is 0.753. The molecule has 0 aliphatic carbocycles. The van der Waals surface area contributed by atoms with Gasteiger partial charge in [0.2, 0.25) is 0 Å². The second-order valence-corrected chi connectivity index (χ2v) is 6.07. The molecule has 3 N–H and O–H groups in total. The molecule has 1 unspecified atom stereocenters. The number of nitrogens with two attached hydrogens (primary N) is 1. The highest BCUT2D eigenvalue weighted by Gasteiger charge is 2.14. The number of hydrogen-bond acceptors (Lipinski definition) is 3. The van der Waals surface area contributed by atoms with Crippen LogP contribution in [-0.4, -0.2) is 12.1 Å². The number of para-hydroxylation sites is 1. The Morgan fingerprint density at radius 3 is 2.67 bits per heavy atom. The number of hydrogen-bond donors (Lipinski definition) is 2. The van der Waals surface area contributed by atoms with Crippen molar-refractivity contribution in [2.24, 2.45) is 5.73 Å². The lowest BCUT2D eigenvalue weighted by Crippen LogP contribution is -2.08. The molecule has 4 heteroatoms. The normalized spacial score (nSPS) is 12.5. The van der Waals surface area contributed by atoms with Crippen LogP contribution in [0.5, 0.6) is 5.75 Å². The summed E-state index contributed by atoms with van der Waals surface area (Å²) >= 11 is 1.68. The first kappa shape index (κ1) is 14.0. The van der Waals surface area contributed by atoms with Crippen molar-refractivity contribution in [2.45, 2.75) is 22.9 Å². The van der Waals surface area contributed by atoms with Gasteiger partial charge in [-0.2, -0.15) is 0 Å². The molecule has 0 amide bonds. The van der Waals surface area contributed by atoms with Crippen molar-refractivity contribution in [1.82, 2.24) is 4.98 Å². The van der Waals surface area contributed by atoms with Gasteiger partial charge in [0.1, 0.15) is 5.75 Å². The van der Waals surface area contributed by atoms with Gasteiger partial charge in [-0.25, -0.2) is 0 Å². The Kier molecular flexibility index (Phi) is 3.90. The summed E-state index contributed by atoms with van der Waals surface area (Å²) in [6.45, 7) is 1.98. The lowest BCUT2D eigenvalue weighted by atomic mass is 10.1. The van der Waals surface area contributed by atoms with Gasteiger partial charge in [0.25, 0.3) is 0 Å². The molecule has 0 radical (unpaired) electrons. The molecule has 3 nitrogen and oxygen atoms in total. The summed E-state index contributed by atoms with van der Waals surface area (Å²) in [5.74, 6) is 0.839. The van der Waals surface area contributed by atoms with Gasteiger partial charge in [-0.3, -0.25) is 0 Å². The van der Waals surface area contributed by atoms with Crippen LogP contribution >= 0.6 is 11.8 Å². The Morgan fingerprint density at radius 1 is 1.14 bits per heavy atom. The number of fused-ring (bicyclic) bond motifs is 1. The molecule has 3 aromatic rings. The Bertz CT molecular complexity index is 731. The number of benzene rings is 2. The van der Waals surface area contributed by atoms with Gasteiger partial charge in [-0.15, -0.1) is 0 Å². The molecule has 0 bridgehead atoms. The van der Waals surface area contributed by atoms with E-state index < -0.39 is 0 Å². The minimum atomic E-state index is -0.0759. The van der Waals surface area contributed by atoms with Gasteiger partial charge < -0.3 is 15.5 Å². The Labute approximate surface area is 128 Å². The van der Waals surface area contributed by atoms with Crippen LogP contribution in [0.4, 0.5) is 0 Å². The van der Waals surface area contributed by atoms with Crippen LogP contribution in [0, 0.1) is 0 Å². The maximum Gasteiger partial charge on any atom is 0.124 e. The first-order valence-corrected chi connectivity index (χ1v) is 7.69. The summed E-state index contributed by atoms with van der Waals surface area (Å²) < 4.78 is 5.44. The molecule has 1 aromatic heterocycles. The molecule has 0 spiro atoms. The molecule has 0 aliphatic rings. The van der Waals surface area contributed by atoms with Crippen molar-refractivity contribution in [2.75, 3.05) is 7.11 Å². The van der Waals surface area contributed by atoms with E-state index in [1.807, 2.05) is 31.2 Å². The lowest BCUT2D eigenvalue weighted by Gasteiger charge is -2.15. The molecule has 21 heavy (non-hydrogen) atoms. The Morgan fingerprint density at radius 2 is 1.95 bits per heavy atom. The van der Waals surface area contributed by atoms with Crippen molar-refractivity contribution >= 4 is 22.7 Å². The van der Waals surface area contributed by atoms with Crippen LogP contribution in [0.15, 0.2) is 58.5 Å². The third-order valence-electron chi connectivity index (χ3n) is 3.43. The summed E-state index contributed by atoms with van der Waals surface area (Å²) in [5.41, 5.74) is 8.30. The second kappa shape index (κ2) is 5.84. The molecule has 2 aromatic carbocycles. The lowest BCUT2D eigenvalue weighted by molar-refractivity contribution is 0.405. The number of aromatic amines is 1. The summed E-state index contributed by atoms with van der Waals surface area (Å²) in [6.07, 6.45) is 0. The van der Waals surface area contributed by atoms with Crippen LogP contribution in [0.3, 0.4) is 0 Å². The van der Waals surface area contributed by atoms with E-state index in [0.29, 0.717) is 0 Å². The van der Waals surface area contributed by atoms with Crippen LogP contribution in [0.2, 0.25) is 0 Å². The second-order valence-electron chi connectivity index (χ2n) is 4.98. The van der Waals surface area contributed by atoms with Gasteiger partial charge in [0.05, 0.1) is 12.1 Å². The first-order valence-electron chi connectivity index (χ1n) is 6.87. The fourth-order valence-corrected chi connectivity index (χ4v) is 3.59. The molecule has 0 aliphatic heterocycles. The summed E-state index contributed by atoms with van der Waals surface area (Å²) in [4.78, 5) is 4.55. The monoisotopic (exact) mass is 298 g/mol. The zero-order valence-electron chi connectivity index (χ0n) is 12.1. The van der Waals surface area contributed by atoms with Crippen LogP contribution < -0.4 is 10.5 Å². The molecule has 0 saturated carbocycles. The highest BCUT2D eigenvalue weighted by molar-refractivity contribution is 7.99. The molecule has 108 valence electrons. The maximum atomic E-state index is 6.12. The Balaban J connectivity index is 2.01. The standard InChI is InChI=1S/C17H18N2OS/c1-11(18)17-14(20-2)8-5-9-15(17)21-16-10-12-6-3-4-7-13(12)19-16/h3-11,19H,18H2,1-2H3. The minimum Gasteiger partial charge on any atom is -0.496 e. The highest BCUT2D eigenvalue weighted by atomic mass is 32.2. The largest absolute Gasteiger partial charge is 0.496 e. The predicted molar refractivity (Wildman–Crippen MR) is 88.0 cm³/mol. The SMILES string of the molecule is COc1cccc(Sc2cc3ccccc3[nH]2)c1C(C)N. The first-order chi connectivity index (χ1) is 10.2. The average Bonchev–Trinajstić information content (AvgIpc) is 2.88. The fraction of sp³-hybridized carbons (Fsp3) is 0.176. The number of methoxy groups -OCH3 is 1. The van der Waals surface area contributed by atoms with Crippen molar-refractivity contribution in [1.29, 1.82) is 0 Å². The molecular formula is C17H18N2OS. The maximum absolute atomic E-state index is 6.12. The minimum absolute atomic E-state index is 0.0759. The van der Waals surface area contributed by atoms with Crippen LogP contribution in [0.1, 0.15) is 18.5 Å². The zero-order valence-corrected chi connectivity index (χ0v) is 12.9. The van der Waals surface area contributed by atoms with E-state index in [2.05, 4.69) is 29.2 Å². The number of aromatic nitrogens is 1. The number of ether oxygens (including phenoxy) is 1. The smallest absolute Gasteiger partial charge is 0.124 e. The summed E-state index contributed by atoms with van der Waals surface area (Å²) in [7, 11) is 1.68. The van der Waals surface area contributed by atoms with Crippen molar-refractivity contribution in [3.8, 4) is 5.75 Å². The molecular weight excluding hydrogens is 280 g/mol. The highest BCUT2D eigenvalue weighted by Crippen LogP contribution is 2.38. The predicted octanol–water partition coefficient (Wildman–Crippen LogP) is 4.35. The topological polar surface area (TPSA) is 51.0 Å².